The highest BCUT2D eigenvalue weighted by molar-refractivity contribution is 5.71. The minimum atomic E-state index is 0.0425. The number of nitrogens with one attached hydrogen (secondary N) is 1. The Morgan fingerprint density at radius 3 is 3.12 bits per heavy atom. The Bertz CT molecular complexity index is 387. The van der Waals surface area contributed by atoms with Gasteiger partial charge in [-0.2, -0.15) is 0 Å². The molecule has 2 rings (SSSR count). The van der Waals surface area contributed by atoms with Gasteiger partial charge in [-0.05, 0) is 36.2 Å². The second-order valence-corrected chi connectivity index (χ2v) is 3.87. The van der Waals surface area contributed by atoms with Crippen molar-refractivity contribution in [3.8, 4) is 5.75 Å². The van der Waals surface area contributed by atoms with Crippen LogP contribution in [0.5, 0.6) is 5.75 Å². The molecule has 0 aromatic heterocycles. The summed E-state index contributed by atoms with van der Waals surface area (Å²) in [5.74, 6) is 0.848. The molecule has 0 aliphatic carbocycles. The van der Waals surface area contributed by atoms with Crippen molar-refractivity contribution in [3.63, 3.8) is 0 Å². The topological polar surface area (TPSA) is 41.5 Å². The highest BCUT2D eigenvalue weighted by Crippen LogP contribution is 2.24. The van der Waals surface area contributed by atoms with Crippen LogP contribution in [0.15, 0.2) is 30.3 Å². The Hall–Kier alpha value is -1.32. The van der Waals surface area contributed by atoms with Gasteiger partial charge in [-0.25, -0.2) is 0 Å². The average molecular weight is 219 g/mol. The first-order valence-corrected chi connectivity index (χ1v) is 5.54. The van der Waals surface area contributed by atoms with Gasteiger partial charge < -0.3 is 15.2 Å². The fraction of sp³-hybridized carbons (Fsp3) is 0.385. The maximum absolute atomic E-state index is 9.31. The molecule has 0 amide bonds. The van der Waals surface area contributed by atoms with E-state index in [2.05, 4.69) is 11.4 Å². The average Bonchev–Trinajstić information content (AvgIpc) is 2.38. The normalized spacial score (nSPS) is 20.4. The molecule has 0 radical (unpaired) electrons. The Morgan fingerprint density at radius 2 is 2.38 bits per heavy atom. The maximum Gasteiger partial charge on any atom is 0.119 e. The van der Waals surface area contributed by atoms with Crippen LogP contribution in [0.1, 0.15) is 12.0 Å². The summed E-state index contributed by atoms with van der Waals surface area (Å²) in [6.07, 6.45) is 3.19. The van der Waals surface area contributed by atoms with E-state index in [0.717, 1.165) is 29.9 Å². The first kappa shape index (κ1) is 11.2. The lowest BCUT2D eigenvalue weighted by molar-refractivity contribution is 0.266. The van der Waals surface area contributed by atoms with E-state index in [1.165, 1.54) is 0 Å². The minimum Gasteiger partial charge on any atom is -0.497 e. The van der Waals surface area contributed by atoms with Crippen LogP contribution in [0.4, 0.5) is 0 Å². The lowest BCUT2D eigenvalue weighted by Crippen LogP contribution is -2.36. The van der Waals surface area contributed by atoms with Gasteiger partial charge in [0.05, 0.1) is 19.8 Å². The molecule has 0 spiro atoms. The van der Waals surface area contributed by atoms with Gasteiger partial charge in [0, 0.05) is 0 Å². The van der Waals surface area contributed by atoms with Crippen LogP contribution in [0, 0.1) is 0 Å². The summed E-state index contributed by atoms with van der Waals surface area (Å²) in [4.78, 5) is 0. The first-order valence-electron chi connectivity index (χ1n) is 5.54. The van der Waals surface area contributed by atoms with Crippen molar-refractivity contribution in [2.24, 2.45) is 0 Å². The summed E-state index contributed by atoms with van der Waals surface area (Å²) < 4.78 is 5.20. The summed E-state index contributed by atoms with van der Waals surface area (Å²) in [6, 6.07) is 7.98. The molecule has 0 fully saturated rings. The summed E-state index contributed by atoms with van der Waals surface area (Å²) in [5.41, 5.74) is 2.28. The third kappa shape index (κ3) is 2.26. The minimum absolute atomic E-state index is 0.0425. The second kappa shape index (κ2) is 5.14. The van der Waals surface area contributed by atoms with Crippen LogP contribution in [-0.4, -0.2) is 31.4 Å². The highest BCUT2D eigenvalue weighted by Gasteiger charge is 2.17. The SMILES string of the molecule is COc1cccc(C2=CCCNC2CO)c1. The van der Waals surface area contributed by atoms with Gasteiger partial charge in [0.15, 0.2) is 0 Å². The molecule has 3 heteroatoms. The number of aliphatic hydroxyl groups is 1. The van der Waals surface area contributed by atoms with E-state index in [1.54, 1.807) is 7.11 Å². The maximum atomic E-state index is 9.31. The van der Waals surface area contributed by atoms with E-state index in [4.69, 9.17) is 4.74 Å². The molecule has 2 N–H and O–H groups in total. The zero-order valence-corrected chi connectivity index (χ0v) is 9.44. The number of methoxy groups -OCH3 is 1. The van der Waals surface area contributed by atoms with Crippen molar-refractivity contribution in [1.29, 1.82) is 0 Å². The molecule has 1 aromatic rings. The first-order chi connectivity index (χ1) is 7.85. The molecule has 1 heterocycles. The third-order valence-electron chi connectivity index (χ3n) is 2.86. The molecule has 0 bridgehead atoms. The van der Waals surface area contributed by atoms with Gasteiger partial charge in [0.1, 0.15) is 5.75 Å². The van der Waals surface area contributed by atoms with Crippen LogP contribution < -0.4 is 10.1 Å². The molecule has 86 valence electrons. The van der Waals surface area contributed by atoms with Crippen molar-refractivity contribution in [3.05, 3.63) is 35.9 Å². The fourth-order valence-corrected chi connectivity index (χ4v) is 2.02. The van der Waals surface area contributed by atoms with Crippen molar-refractivity contribution in [1.82, 2.24) is 5.32 Å². The van der Waals surface area contributed by atoms with E-state index in [-0.39, 0.29) is 12.6 Å². The van der Waals surface area contributed by atoms with Crippen LogP contribution in [0.3, 0.4) is 0 Å². The quantitative estimate of drug-likeness (QED) is 0.808. The molecular weight excluding hydrogens is 202 g/mol. The Morgan fingerprint density at radius 1 is 1.50 bits per heavy atom. The van der Waals surface area contributed by atoms with Crippen LogP contribution in [-0.2, 0) is 0 Å². The molecule has 1 unspecified atom stereocenters. The molecule has 0 saturated heterocycles. The van der Waals surface area contributed by atoms with Crippen LogP contribution in [0.2, 0.25) is 0 Å². The van der Waals surface area contributed by atoms with Gasteiger partial charge in [0.2, 0.25) is 0 Å². The molecule has 1 aromatic carbocycles. The Labute approximate surface area is 95.7 Å². The van der Waals surface area contributed by atoms with Crippen molar-refractivity contribution in [2.45, 2.75) is 12.5 Å². The van der Waals surface area contributed by atoms with Gasteiger partial charge in [-0.1, -0.05) is 18.2 Å². The van der Waals surface area contributed by atoms with Crippen molar-refractivity contribution in [2.75, 3.05) is 20.3 Å². The van der Waals surface area contributed by atoms with E-state index in [1.807, 2.05) is 24.3 Å². The zero-order chi connectivity index (χ0) is 11.4. The number of hydrogen-bond acceptors (Lipinski definition) is 3. The highest BCUT2D eigenvalue weighted by atomic mass is 16.5. The molecule has 0 saturated carbocycles. The van der Waals surface area contributed by atoms with E-state index >= 15 is 0 Å². The van der Waals surface area contributed by atoms with E-state index in [9.17, 15) is 5.11 Å². The van der Waals surface area contributed by atoms with Gasteiger partial charge in [-0.15, -0.1) is 0 Å². The number of rotatable bonds is 3. The molecule has 1 aliphatic heterocycles. The van der Waals surface area contributed by atoms with Gasteiger partial charge in [-0.3, -0.25) is 0 Å². The van der Waals surface area contributed by atoms with E-state index < -0.39 is 0 Å². The molecule has 1 aliphatic rings. The molecule has 1 atom stereocenters. The smallest absolute Gasteiger partial charge is 0.119 e. The lowest BCUT2D eigenvalue weighted by atomic mass is 9.95. The fourth-order valence-electron chi connectivity index (χ4n) is 2.02. The zero-order valence-electron chi connectivity index (χ0n) is 9.44. The molecule has 3 nitrogen and oxygen atoms in total. The van der Waals surface area contributed by atoms with Gasteiger partial charge >= 0.3 is 0 Å². The number of aliphatic hydroxyl groups excluding tert-OH is 1. The number of hydrogen-bond donors (Lipinski definition) is 2. The lowest BCUT2D eigenvalue weighted by Gasteiger charge is -2.24. The second-order valence-electron chi connectivity index (χ2n) is 3.87. The summed E-state index contributed by atoms with van der Waals surface area (Å²) in [5, 5.41) is 12.6. The number of ether oxygens (including phenoxy) is 1. The van der Waals surface area contributed by atoms with E-state index in [0.29, 0.717) is 0 Å². The third-order valence-corrected chi connectivity index (χ3v) is 2.86. The van der Waals surface area contributed by atoms with Crippen LogP contribution in [0.25, 0.3) is 5.57 Å². The monoisotopic (exact) mass is 219 g/mol. The predicted octanol–water partition coefficient (Wildman–Crippen LogP) is 1.43. The molecule has 16 heavy (non-hydrogen) atoms. The summed E-state index contributed by atoms with van der Waals surface area (Å²) in [6.45, 7) is 1.06. The van der Waals surface area contributed by atoms with Gasteiger partial charge in [0.25, 0.3) is 0 Å². The number of benzene rings is 1. The molecular formula is C13H17NO2. The summed E-state index contributed by atoms with van der Waals surface area (Å²) >= 11 is 0. The Balaban J connectivity index is 2.30. The van der Waals surface area contributed by atoms with Crippen LogP contribution >= 0.6 is 0 Å². The van der Waals surface area contributed by atoms with Crippen molar-refractivity contribution < 1.29 is 9.84 Å². The Kier molecular flexibility index (Phi) is 3.59. The standard InChI is InChI=1S/C13H17NO2/c1-16-11-5-2-4-10(8-11)12-6-3-7-14-13(12)9-15/h2,4-6,8,13-15H,3,7,9H2,1H3. The summed E-state index contributed by atoms with van der Waals surface area (Å²) in [7, 11) is 1.66. The largest absolute Gasteiger partial charge is 0.497 e. The predicted molar refractivity (Wildman–Crippen MR) is 64.5 cm³/mol. The van der Waals surface area contributed by atoms with Crippen molar-refractivity contribution >= 4 is 5.57 Å².